The number of benzene rings is 1. The van der Waals surface area contributed by atoms with Crippen molar-refractivity contribution in [1.29, 1.82) is 0 Å². The standard InChI is InChI=1S/C15H15N3O2/c1-20-15(19)7-6-14-17-9-13(18-14)11-8-16-12-5-3-2-4-10(11)12/h2-5,8-9,16H,6-7H2,1H3,(H,17,18). The number of carbonyl (C=O) groups is 1. The number of hydrogen-bond donors (Lipinski definition) is 2. The van der Waals surface area contributed by atoms with Crippen molar-refractivity contribution in [1.82, 2.24) is 15.0 Å². The average molecular weight is 269 g/mol. The van der Waals surface area contributed by atoms with Crippen LogP contribution >= 0.6 is 0 Å². The normalized spacial score (nSPS) is 10.8. The summed E-state index contributed by atoms with van der Waals surface area (Å²) in [7, 11) is 1.39. The van der Waals surface area contributed by atoms with E-state index in [2.05, 4.69) is 25.8 Å². The van der Waals surface area contributed by atoms with Gasteiger partial charge in [0.1, 0.15) is 5.82 Å². The minimum absolute atomic E-state index is 0.227. The Bertz CT molecular complexity index is 742. The third kappa shape index (κ3) is 2.30. The Morgan fingerprint density at radius 1 is 1.35 bits per heavy atom. The van der Waals surface area contributed by atoms with Gasteiger partial charge in [-0.15, -0.1) is 0 Å². The van der Waals surface area contributed by atoms with Crippen LogP contribution in [0.5, 0.6) is 0 Å². The molecule has 0 fully saturated rings. The highest BCUT2D eigenvalue weighted by molar-refractivity contribution is 5.94. The Kier molecular flexibility index (Phi) is 3.25. The molecule has 0 saturated carbocycles. The van der Waals surface area contributed by atoms with E-state index in [9.17, 15) is 4.79 Å². The van der Waals surface area contributed by atoms with E-state index in [1.54, 1.807) is 6.20 Å². The third-order valence-electron chi connectivity index (χ3n) is 3.30. The second-order valence-corrected chi connectivity index (χ2v) is 4.57. The van der Waals surface area contributed by atoms with Crippen LogP contribution in [0.1, 0.15) is 12.2 Å². The number of imidazole rings is 1. The number of methoxy groups -OCH3 is 1. The molecule has 1 aromatic carbocycles. The van der Waals surface area contributed by atoms with Crippen LogP contribution in [0.3, 0.4) is 0 Å². The van der Waals surface area contributed by atoms with Gasteiger partial charge in [0.15, 0.2) is 0 Å². The van der Waals surface area contributed by atoms with Crippen LogP contribution in [0.25, 0.3) is 22.2 Å². The molecule has 0 aliphatic rings. The lowest BCUT2D eigenvalue weighted by Crippen LogP contribution is -2.02. The highest BCUT2D eigenvalue weighted by Gasteiger charge is 2.09. The van der Waals surface area contributed by atoms with Crippen molar-refractivity contribution >= 4 is 16.9 Å². The molecule has 2 N–H and O–H groups in total. The molecule has 0 aliphatic heterocycles. The predicted octanol–water partition coefficient (Wildman–Crippen LogP) is 2.66. The van der Waals surface area contributed by atoms with Crippen molar-refractivity contribution in [3.05, 3.63) is 42.5 Å². The Labute approximate surface area is 116 Å². The van der Waals surface area contributed by atoms with Gasteiger partial charge in [-0.2, -0.15) is 0 Å². The zero-order chi connectivity index (χ0) is 13.9. The van der Waals surface area contributed by atoms with E-state index in [4.69, 9.17) is 0 Å². The van der Waals surface area contributed by atoms with Crippen LogP contribution in [0.15, 0.2) is 36.7 Å². The number of hydrogen-bond acceptors (Lipinski definition) is 3. The number of H-pyrrole nitrogens is 2. The number of esters is 1. The number of nitrogens with zero attached hydrogens (tertiary/aromatic N) is 1. The lowest BCUT2D eigenvalue weighted by atomic mass is 10.1. The molecule has 3 rings (SSSR count). The molecule has 0 unspecified atom stereocenters. The minimum atomic E-state index is -0.227. The fourth-order valence-electron chi connectivity index (χ4n) is 2.24. The molecule has 20 heavy (non-hydrogen) atoms. The van der Waals surface area contributed by atoms with Crippen LogP contribution in [-0.2, 0) is 16.0 Å². The number of ether oxygens (including phenoxy) is 1. The number of aromatic amines is 2. The first-order valence-corrected chi connectivity index (χ1v) is 6.45. The number of carbonyl (C=O) groups excluding carboxylic acids is 1. The van der Waals surface area contributed by atoms with Crippen LogP contribution < -0.4 is 0 Å². The first kappa shape index (κ1) is 12.5. The predicted molar refractivity (Wildman–Crippen MR) is 76.2 cm³/mol. The van der Waals surface area contributed by atoms with Crippen molar-refractivity contribution < 1.29 is 9.53 Å². The average Bonchev–Trinajstić information content (AvgIpc) is 3.10. The summed E-state index contributed by atoms with van der Waals surface area (Å²) in [4.78, 5) is 21.9. The molecule has 0 saturated heterocycles. The molecule has 3 aromatic rings. The number of fused-ring (bicyclic) bond motifs is 1. The molecule has 5 nitrogen and oxygen atoms in total. The molecule has 0 bridgehead atoms. The first-order valence-electron chi connectivity index (χ1n) is 6.45. The Morgan fingerprint density at radius 3 is 3.05 bits per heavy atom. The van der Waals surface area contributed by atoms with Gasteiger partial charge in [0.05, 0.1) is 25.4 Å². The third-order valence-corrected chi connectivity index (χ3v) is 3.30. The molecule has 2 heterocycles. The lowest BCUT2D eigenvalue weighted by Gasteiger charge is -1.97. The Morgan fingerprint density at radius 2 is 2.20 bits per heavy atom. The zero-order valence-electron chi connectivity index (χ0n) is 11.1. The van der Waals surface area contributed by atoms with Gasteiger partial charge in [-0.25, -0.2) is 4.98 Å². The summed E-state index contributed by atoms with van der Waals surface area (Å²) < 4.78 is 4.62. The van der Waals surface area contributed by atoms with E-state index in [1.807, 2.05) is 24.4 Å². The van der Waals surface area contributed by atoms with Gasteiger partial charge in [-0.3, -0.25) is 4.79 Å². The Balaban J connectivity index is 1.84. The fourth-order valence-corrected chi connectivity index (χ4v) is 2.24. The molecule has 0 spiro atoms. The number of rotatable bonds is 4. The molecule has 0 atom stereocenters. The van der Waals surface area contributed by atoms with Gasteiger partial charge in [0.2, 0.25) is 0 Å². The maximum Gasteiger partial charge on any atom is 0.305 e. The summed E-state index contributed by atoms with van der Waals surface area (Å²) >= 11 is 0. The lowest BCUT2D eigenvalue weighted by molar-refractivity contribution is -0.140. The summed E-state index contributed by atoms with van der Waals surface area (Å²) in [6.45, 7) is 0. The molecule has 2 aromatic heterocycles. The van der Waals surface area contributed by atoms with Gasteiger partial charge in [0, 0.05) is 29.1 Å². The van der Waals surface area contributed by atoms with Gasteiger partial charge >= 0.3 is 5.97 Å². The highest BCUT2D eigenvalue weighted by Crippen LogP contribution is 2.27. The molecule has 0 amide bonds. The highest BCUT2D eigenvalue weighted by atomic mass is 16.5. The number of aryl methyl sites for hydroxylation is 1. The molecular formula is C15H15N3O2. The van der Waals surface area contributed by atoms with E-state index in [1.165, 1.54) is 7.11 Å². The SMILES string of the molecule is COC(=O)CCc1ncc(-c2c[nH]c3ccccc23)[nH]1. The molecule has 102 valence electrons. The van der Waals surface area contributed by atoms with E-state index in [-0.39, 0.29) is 5.97 Å². The van der Waals surface area contributed by atoms with Crippen LogP contribution in [-0.4, -0.2) is 28.0 Å². The van der Waals surface area contributed by atoms with Gasteiger partial charge in [-0.1, -0.05) is 18.2 Å². The molecule has 0 aliphatic carbocycles. The fraction of sp³-hybridized carbons (Fsp3) is 0.200. The van der Waals surface area contributed by atoms with Crippen molar-refractivity contribution in [2.45, 2.75) is 12.8 Å². The maximum absolute atomic E-state index is 11.1. The number of para-hydroxylation sites is 1. The topological polar surface area (TPSA) is 70.8 Å². The van der Waals surface area contributed by atoms with E-state index >= 15 is 0 Å². The van der Waals surface area contributed by atoms with Crippen LogP contribution in [0.2, 0.25) is 0 Å². The van der Waals surface area contributed by atoms with Crippen LogP contribution in [0, 0.1) is 0 Å². The smallest absolute Gasteiger partial charge is 0.305 e. The molecular weight excluding hydrogens is 254 g/mol. The maximum atomic E-state index is 11.1. The Hall–Kier alpha value is -2.56. The number of nitrogens with one attached hydrogen (secondary N) is 2. The quantitative estimate of drug-likeness (QED) is 0.715. The first-order chi connectivity index (χ1) is 9.78. The molecule has 5 heteroatoms. The van der Waals surface area contributed by atoms with Crippen molar-refractivity contribution in [2.75, 3.05) is 7.11 Å². The van der Waals surface area contributed by atoms with Crippen molar-refractivity contribution in [2.24, 2.45) is 0 Å². The van der Waals surface area contributed by atoms with E-state index in [0.29, 0.717) is 12.8 Å². The second-order valence-electron chi connectivity index (χ2n) is 4.57. The van der Waals surface area contributed by atoms with Gasteiger partial charge in [-0.05, 0) is 6.07 Å². The largest absolute Gasteiger partial charge is 0.469 e. The zero-order valence-corrected chi connectivity index (χ0v) is 11.1. The summed E-state index contributed by atoms with van der Waals surface area (Å²) in [5.74, 6) is 0.561. The van der Waals surface area contributed by atoms with Crippen LogP contribution in [0.4, 0.5) is 0 Å². The summed E-state index contributed by atoms with van der Waals surface area (Å²) in [6.07, 6.45) is 4.64. The van der Waals surface area contributed by atoms with E-state index < -0.39 is 0 Å². The summed E-state index contributed by atoms with van der Waals surface area (Å²) in [5, 5.41) is 1.15. The van der Waals surface area contributed by atoms with Gasteiger partial charge < -0.3 is 14.7 Å². The second kappa shape index (κ2) is 5.21. The van der Waals surface area contributed by atoms with Crippen molar-refractivity contribution in [3.63, 3.8) is 0 Å². The monoisotopic (exact) mass is 269 g/mol. The summed E-state index contributed by atoms with van der Waals surface area (Å²) in [6, 6.07) is 8.11. The molecule has 0 radical (unpaired) electrons. The van der Waals surface area contributed by atoms with Gasteiger partial charge in [0.25, 0.3) is 0 Å². The minimum Gasteiger partial charge on any atom is -0.469 e. The van der Waals surface area contributed by atoms with E-state index in [0.717, 1.165) is 28.0 Å². The number of aromatic nitrogens is 3. The summed E-state index contributed by atoms with van der Waals surface area (Å²) in [5.41, 5.74) is 3.12. The van der Waals surface area contributed by atoms with Crippen molar-refractivity contribution in [3.8, 4) is 11.3 Å².